The van der Waals surface area contributed by atoms with Gasteiger partial charge in [0.15, 0.2) is 52.6 Å². The molecule has 0 spiro atoms. The van der Waals surface area contributed by atoms with Crippen molar-refractivity contribution in [2.24, 2.45) is 0 Å². The summed E-state index contributed by atoms with van der Waals surface area (Å²) in [4.78, 5) is 26.0. The van der Waals surface area contributed by atoms with Crippen LogP contribution >= 0.6 is 39.0 Å². The summed E-state index contributed by atoms with van der Waals surface area (Å²) >= 11 is 7.64. The Morgan fingerprint density at radius 3 is 2.04 bits per heavy atom. The lowest BCUT2D eigenvalue weighted by Gasteiger charge is -2.34. The molecule has 7 heterocycles. The van der Waals surface area contributed by atoms with E-state index in [1.54, 1.807) is 11.5 Å². The van der Waals surface area contributed by atoms with Crippen LogP contribution in [0.5, 0.6) is 0 Å². The molecule has 4 aromatic rings. The molecule has 50 heavy (non-hydrogen) atoms. The zero-order valence-electron chi connectivity index (χ0n) is 26.0. The summed E-state index contributed by atoms with van der Waals surface area (Å²) in [6.45, 7) is 1.54. The lowest BCUT2D eigenvalue weighted by Crippen LogP contribution is -2.49. The van der Waals surface area contributed by atoms with Crippen LogP contribution in [0.25, 0.3) is 22.3 Å². The molecule has 0 radical (unpaired) electrons. The minimum absolute atomic E-state index is 0.285. The lowest BCUT2D eigenvalue weighted by atomic mass is 9.94. The Kier molecular flexibility index (Phi) is 10.5. The van der Waals surface area contributed by atoms with E-state index < -0.39 is 82.4 Å². The van der Waals surface area contributed by atoms with Gasteiger partial charge in [-0.15, -0.1) is 0 Å². The summed E-state index contributed by atoms with van der Waals surface area (Å²) in [5.74, 6) is 0.864. The van der Waals surface area contributed by atoms with E-state index in [4.69, 9.17) is 23.3 Å². The van der Waals surface area contributed by atoms with Crippen molar-refractivity contribution in [2.75, 3.05) is 36.9 Å². The van der Waals surface area contributed by atoms with E-state index in [0.29, 0.717) is 41.4 Å². The van der Waals surface area contributed by atoms with Gasteiger partial charge in [-0.2, -0.15) is 0 Å². The van der Waals surface area contributed by atoms with Gasteiger partial charge in [-0.1, -0.05) is 36.6 Å². The number of aliphatic hydroxyl groups excluding tert-OH is 2. The zero-order chi connectivity index (χ0) is 35.2. The number of aromatic nitrogens is 8. The van der Waals surface area contributed by atoms with Crippen LogP contribution in [0.15, 0.2) is 37.5 Å². The number of nitrogens with zero attached hydrogens (tertiary/aromatic N) is 8. The van der Waals surface area contributed by atoms with Crippen LogP contribution in [0.2, 0.25) is 0 Å². The van der Waals surface area contributed by atoms with Crippen LogP contribution in [-0.2, 0) is 32.4 Å². The molecule has 0 amide bonds. The smallest absolute Gasteiger partial charge is 0.243 e. The second kappa shape index (κ2) is 14.7. The highest BCUT2D eigenvalue weighted by Gasteiger charge is 2.67. The molecule has 7 rings (SSSR count). The molecule has 6 unspecified atom stereocenters. The summed E-state index contributed by atoms with van der Waals surface area (Å²) in [5.41, 5.74) is 0.354. The van der Waals surface area contributed by atoms with Gasteiger partial charge in [-0.05, 0) is 6.92 Å². The fraction of sp³-hybridized carbons (Fsp3) is 0.538. The van der Waals surface area contributed by atoms with Crippen LogP contribution in [0.4, 0.5) is 16.0 Å². The molecule has 3 saturated heterocycles. The van der Waals surface area contributed by atoms with E-state index in [9.17, 15) is 19.3 Å². The minimum atomic E-state index is -2.78. The quantitative estimate of drug-likeness (QED) is 0.0608. The summed E-state index contributed by atoms with van der Waals surface area (Å²) in [6, 6.07) is 0. The number of ether oxygens (including phenoxy) is 3. The normalized spacial score (nSPS) is 32.0. The van der Waals surface area contributed by atoms with Gasteiger partial charge in [-0.3, -0.25) is 18.3 Å². The zero-order valence-corrected chi connectivity index (χ0v) is 29.8. The van der Waals surface area contributed by atoms with Crippen LogP contribution in [0.3, 0.4) is 0 Å². The van der Waals surface area contributed by atoms with E-state index in [0.717, 1.165) is 0 Å². The summed E-state index contributed by atoms with van der Waals surface area (Å²) in [7, 11) is -5.44. The van der Waals surface area contributed by atoms with Crippen molar-refractivity contribution in [3.63, 3.8) is 0 Å². The second-order valence-corrected chi connectivity index (χ2v) is 15.3. The largest absolute Gasteiger partial charge is 0.394 e. The maximum Gasteiger partial charge on any atom is 0.243 e. The highest BCUT2D eigenvalue weighted by molar-refractivity contribution is 8.39. The topological polar surface area (TPSA) is 232 Å². The average Bonchev–Trinajstić information content (AvgIpc) is 3.90. The Hall–Kier alpha value is -2.75. The highest BCUT2D eigenvalue weighted by Crippen LogP contribution is 2.53. The molecule has 3 aliphatic rings. The molecule has 270 valence electrons. The van der Waals surface area contributed by atoms with Gasteiger partial charge in [0.2, 0.25) is 14.5 Å². The van der Waals surface area contributed by atoms with Gasteiger partial charge >= 0.3 is 0 Å². The van der Waals surface area contributed by atoms with Gasteiger partial charge in [0, 0.05) is 13.1 Å². The molecule has 11 atom stereocenters. The van der Waals surface area contributed by atoms with Crippen LogP contribution in [0.1, 0.15) is 19.4 Å². The number of nitrogens with one attached hydrogen (secondary N) is 2. The number of hydrogen-bond acceptors (Lipinski definition) is 17. The molecular formula is C26H33FN10O9P2S2. The van der Waals surface area contributed by atoms with Crippen LogP contribution < -0.4 is 10.6 Å². The average molecular weight is 775 g/mol. The Balaban J connectivity index is 0.984. The Bertz CT molecular complexity index is 1950. The van der Waals surface area contributed by atoms with Crippen molar-refractivity contribution in [1.29, 1.82) is 0 Å². The molecule has 24 heteroatoms. The predicted molar refractivity (Wildman–Crippen MR) is 183 cm³/mol. The maximum atomic E-state index is 15.3. The van der Waals surface area contributed by atoms with Crippen LogP contribution in [0, 0.1) is 0 Å². The Morgan fingerprint density at radius 1 is 0.920 bits per heavy atom. The van der Waals surface area contributed by atoms with Gasteiger partial charge in [0.05, 0.1) is 32.0 Å². The molecule has 3 aliphatic heterocycles. The number of rotatable bonds is 14. The summed E-state index contributed by atoms with van der Waals surface area (Å²) in [5, 5.41) is 26.2. The van der Waals surface area contributed by atoms with E-state index in [2.05, 4.69) is 65.0 Å². The number of halogens is 1. The number of aliphatic hydroxyl groups is 2. The van der Waals surface area contributed by atoms with E-state index in [1.165, 1.54) is 29.9 Å². The van der Waals surface area contributed by atoms with Crippen molar-refractivity contribution in [1.82, 2.24) is 39.0 Å². The lowest BCUT2D eigenvalue weighted by molar-refractivity contribution is -0.216. The monoisotopic (exact) mass is 774 g/mol. The third kappa shape index (κ3) is 6.34. The number of fused-ring (bicyclic) bond motifs is 4. The first kappa shape index (κ1) is 35.6. The van der Waals surface area contributed by atoms with Crippen molar-refractivity contribution >= 4 is 72.9 Å². The third-order valence-corrected chi connectivity index (χ3v) is 10.4. The molecule has 3 fully saturated rings. The van der Waals surface area contributed by atoms with Gasteiger partial charge in [-0.25, -0.2) is 34.3 Å². The van der Waals surface area contributed by atoms with Gasteiger partial charge < -0.3 is 44.1 Å². The number of thiol groups is 2. The first-order chi connectivity index (χ1) is 24.2. The molecule has 0 saturated carbocycles. The molecule has 0 aromatic carbocycles. The van der Waals surface area contributed by atoms with Crippen molar-refractivity contribution in [2.45, 2.75) is 61.7 Å². The summed E-state index contributed by atoms with van der Waals surface area (Å²) in [6.07, 6.45) is 1.23. The number of imidazole rings is 2. The predicted octanol–water partition coefficient (Wildman–Crippen LogP) is 1.73. The van der Waals surface area contributed by atoms with Crippen molar-refractivity contribution < 1.29 is 47.0 Å². The van der Waals surface area contributed by atoms with E-state index in [-0.39, 0.29) is 5.65 Å². The molecule has 4 aromatic heterocycles. The minimum Gasteiger partial charge on any atom is -0.394 e. The standard InChI is InChI=1S/C26H33FN10O9P2S2/c1-12-26(7-39)19(46-48(41)50)18(42-12)25(44-26)37-11-35-16-21(31-9-33-23(16)37)29-5-3-2-4-28-20-15-22(32-8-30-20)36(10-34-15)24-14(27)17(45-47(40)49)13(6-38)43-24/h2-3,8-14,17-19,24-25,38-39,47-48H,4-7H2,1H3,(H,40,49)(H,41,50)(H,28,30,32)(H,29,31,33)/b3-2+/t12-,13?,14+,17+,18+,19-,24?,25?,26?/m0/s1. The molecule has 4 N–H and O–H groups in total. The molecule has 19 nitrogen and oxygen atoms in total. The van der Waals surface area contributed by atoms with E-state index in [1.807, 2.05) is 12.2 Å². The highest BCUT2D eigenvalue weighted by atomic mass is 32.7. The third-order valence-electron chi connectivity index (χ3n) is 8.82. The van der Waals surface area contributed by atoms with Crippen LogP contribution in [-0.4, -0.2) is 118 Å². The fourth-order valence-electron chi connectivity index (χ4n) is 6.48. The first-order valence-corrected chi connectivity index (χ1v) is 20.5. The number of hydrogen-bond donors (Lipinski definition) is 6. The SMILES string of the molecule is C[C@@H]1O[C@H]2C(n3cnc4c(NC/C=C/CNc5ncnc6c5ncn6C5OC(CO)[C@@H](O[PH](=O)S)[C@H]5F)ncnc43)OC1(CO)[C@H]2O[PH](=O)S. The van der Waals surface area contributed by atoms with E-state index >= 15 is 4.39 Å². The second-order valence-electron chi connectivity index (χ2n) is 11.5. The van der Waals surface area contributed by atoms with Crippen molar-refractivity contribution in [3.8, 4) is 0 Å². The Labute approximate surface area is 294 Å². The first-order valence-electron chi connectivity index (χ1n) is 15.3. The number of alkyl halides is 1. The summed E-state index contributed by atoms with van der Waals surface area (Å²) < 4.78 is 70.3. The van der Waals surface area contributed by atoms with Gasteiger partial charge in [0.25, 0.3) is 0 Å². The molecular weight excluding hydrogens is 741 g/mol. The molecule has 0 aliphatic carbocycles. The fourth-order valence-corrected chi connectivity index (χ4v) is 8.26. The number of anilines is 2. The van der Waals surface area contributed by atoms with Gasteiger partial charge in [0.1, 0.15) is 42.7 Å². The maximum absolute atomic E-state index is 15.3. The Morgan fingerprint density at radius 2 is 1.50 bits per heavy atom. The van der Waals surface area contributed by atoms with Crippen molar-refractivity contribution in [3.05, 3.63) is 37.5 Å². The molecule has 2 bridgehead atoms.